The van der Waals surface area contributed by atoms with Crippen molar-refractivity contribution in [3.05, 3.63) is 71.6 Å². The van der Waals surface area contributed by atoms with Gasteiger partial charge in [-0.1, -0.05) is 23.5 Å². The van der Waals surface area contributed by atoms with Crippen molar-refractivity contribution >= 4 is 60.4 Å². The van der Waals surface area contributed by atoms with Crippen LogP contribution in [0.1, 0.15) is 15.6 Å². The predicted octanol–water partition coefficient (Wildman–Crippen LogP) is 5.19. The number of carbonyl (C=O) groups is 1. The summed E-state index contributed by atoms with van der Waals surface area (Å²) in [5, 5.41) is 6.40. The Balaban J connectivity index is 1.58. The summed E-state index contributed by atoms with van der Waals surface area (Å²) in [4.78, 5) is 22.4. The van der Waals surface area contributed by atoms with Gasteiger partial charge in [0.2, 0.25) is 5.13 Å². The van der Waals surface area contributed by atoms with Gasteiger partial charge in [-0.25, -0.2) is 9.97 Å². The summed E-state index contributed by atoms with van der Waals surface area (Å²) in [6.07, 6.45) is 3.03. The average molecular weight is 435 g/mol. The highest BCUT2D eigenvalue weighted by molar-refractivity contribution is 7.23. The van der Waals surface area contributed by atoms with Gasteiger partial charge in [0.05, 0.1) is 40.0 Å². The van der Waals surface area contributed by atoms with E-state index in [0.29, 0.717) is 15.9 Å². The molecule has 9 heteroatoms. The molecule has 0 saturated carbocycles. The number of methoxy groups -OCH3 is 1. The normalized spacial score (nSPS) is 11.5. The molecule has 0 fully saturated rings. The lowest BCUT2D eigenvalue weighted by Crippen LogP contribution is -2.25. The summed E-state index contributed by atoms with van der Waals surface area (Å²) < 4.78 is 12.4. The Bertz CT molecular complexity index is 1340. The number of benzene rings is 2. The van der Waals surface area contributed by atoms with Crippen LogP contribution in [0.15, 0.2) is 70.4 Å². The van der Waals surface area contributed by atoms with Crippen molar-refractivity contribution in [1.29, 1.82) is 0 Å². The summed E-state index contributed by atoms with van der Waals surface area (Å²) in [6.45, 7) is 0. The Hall–Kier alpha value is -3.56. The summed E-state index contributed by atoms with van der Waals surface area (Å²) in [5.41, 5.74) is 1.53. The van der Waals surface area contributed by atoms with Crippen LogP contribution in [0.3, 0.4) is 0 Å². The molecule has 3 heterocycles. The lowest BCUT2D eigenvalue weighted by Gasteiger charge is -2.11. The number of para-hydroxylation sites is 1. The molecular weight excluding hydrogens is 420 g/mol. The van der Waals surface area contributed by atoms with Crippen molar-refractivity contribution in [3.8, 4) is 5.75 Å². The number of thiazole rings is 2. The van der Waals surface area contributed by atoms with Gasteiger partial charge in [-0.15, -0.1) is 11.3 Å². The van der Waals surface area contributed by atoms with Gasteiger partial charge in [-0.05, 0) is 42.5 Å². The molecule has 0 unspecified atom stereocenters. The molecule has 5 aromatic rings. The number of furan rings is 1. The molecule has 0 aliphatic rings. The molecule has 3 aromatic heterocycles. The molecule has 2 aromatic carbocycles. The fraction of sp³-hybridized carbons (Fsp3) is 0.0476. The highest BCUT2D eigenvalue weighted by Gasteiger charge is 2.24. The van der Waals surface area contributed by atoms with Crippen LogP contribution in [0, 0.1) is 0 Å². The van der Waals surface area contributed by atoms with E-state index in [-0.39, 0.29) is 5.91 Å². The van der Waals surface area contributed by atoms with E-state index in [1.165, 1.54) is 33.9 Å². The number of rotatable bonds is 5. The number of nitrogens with zero attached hydrogens (tertiary/aromatic N) is 4. The maximum absolute atomic E-state index is 13.3. The van der Waals surface area contributed by atoms with E-state index in [2.05, 4.69) is 15.1 Å². The lowest BCUT2D eigenvalue weighted by atomic mass is 10.3. The molecule has 0 bridgehead atoms. The van der Waals surface area contributed by atoms with E-state index in [4.69, 9.17) is 9.15 Å². The number of hydrazone groups is 1. The minimum atomic E-state index is -0.356. The Morgan fingerprint density at radius 1 is 1.07 bits per heavy atom. The van der Waals surface area contributed by atoms with Crippen molar-refractivity contribution in [3.63, 3.8) is 0 Å². The number of hydrogen-bond acceptors (Lipinski definition) is 8. The van der Waals surface area contributed by atoms with E-state index < -0.39 is 0 Å². The number of fused-ring (bicyclic) bond motifs is 2. The van der Waals surface area contributed by atoms with Crippen molar-refractivity contribution in [2.75, 3.05) is 12.1 Å². The first kappa shape index (κ1) is 18.5. The van der Waals surface area contributed by atoms with Gasteiger partial charge in [0, 0.05) is 0 Å². The van der Waals surface area contributed by atoms with Crippen LogP contribution < -0.4 is 9.75 Å². The fourth-order valence-corrected chi connectivity index (χ4v) is 4.67. The number of aromatic nitrogens is 2. The molecule has 30 heavy (non-hydrogen) atoms. The second-order valence-electron chi connectivity index (χ2n) is 6.19. The van der Waals surface area contributed by atoms with E-state index >= 15 is 0 Å². The van der Waals surface area contributed by atoms with Gasteiger partial charge >= 0.3 is 5.91 Å². The third-order valence-electron chi connectivity index (χ3n) is 4.28. The van der Waals surface area contributed by atoms with E-state index in [0.717, 1.165) is 26.2 Å². The zero-order valence-corrected chi connectivity index (χ0v) is 17.3. The molecule has 0 spiro atoms. The zero-order chi connectivity index (χ0) is 20.5. The molecule has 0 radical (unpaired) electrons. The predicted molar refractivity (Wildman–Crippen MR) is 119 cm³/mol. The van der Waals surface area contributed by atoms with Gasteiger partial charge in [0.1, 0.15) is 11.5 Å². The molecular formula is C21H14N4O3S2. The minimum Gasteiger partial charge on any atom is -0.497 e. The van der Waals surface area contributed by atoms with Crippen molar-refractivity contribution < 1.29 is 13.9 Å². The summed E-state index contributed by atoms with van der Waals surface area (Å²) in [6, 6.07) is 16.7. The highest BCUT2D eigenvalue weighted by Crippen LogP contribution is 2.33. The molecule has 0 aliphatic carbocycles. The van der Waals surface area contributed by atoms with E-state index in [1.54, 1.807) is 25.5 Å². The van der Waals surface area contributed by atoms with E-state index in [9.17, 15) is 4.79 Å². The average Bonchev–Trinajstić information content (AvgIpc) is 3.51. The third kappa shape index (κ3) is 3.44. The highest BCUT2D eigenvalue weighted by atomic mass is 32.1. The maximum atomic E-state index is 13.3. The second kappa shape index (κ2) is 7.69. The first-order chi connectivity index (χ1) is 14.7. The SMILES string of the molecule is COc1ccc2nc(N(/N=C/c3ccco3)C(=O)c3nc4ccccc4s3)sc2c1. The molecule has 0 N–H and O–H groups in total. The molecule has 0 atom stereocenters. The zero-order valence-electron chi connectivity index (χ0n) is 15.7. The van der Waals surface area contributed by atoms with Crippen molar-refractivity contribution in [2.24, 2.45) is 5.10 Å². The fourth-order valence-electron chi connectivity index (χ4n) is 2.83. The van der Waals surface area contributed by atoms with Crippen LogP contribution >= 0.6 is 22.7 Å². The first-order valence-corrected chi connectivity index (χ1v) is 10.6. The molecule has 1 amide bonds. The number of hydrogen-bond donors (Lipinski definition) is 0. The van der Waals surface area contributed by atoms with Gasteiger partial charge in [0.25, 0.3) is 0 Å². The van der Waals surface area contributed by atoms with Crippen molar-refractivity contribution in [2.45, 2.75) is 0 Å². The minimum absolute atomic E-state index is 0.338. The van der Waals surface area contributed by atoms with Crippen LogP contribution in [-0.2, 0) is 0 Å². The number of carbonyl (C=O) groups excluding carboxylic acids is 1. The standard InChI is InChI=1S/C21H14N4O3S2/c1-27-13-8-9-16-18(11-13)30-21(24-16)25(22-12-14-5-4-10-28-14)20(26)19-23-15-6-2-3-7-17(15)29-19/h2-12H,1H3/b22-12+. The molecule has 7 nitrogen and oxygen atoms in total. The van der Waals surface area contributed by atoms with Crippen LogP contribution in [0.25, 0.3) is 20.4 Å². The van der Waals surface area contributed by atoms with Crippen LogP contribution in [0.5, 0.6) is 5.75 Å². The smallest absolute Gasteiger partial charge is 0.309 e. The van der Waals surface area contributed by atoms with Crippen LogP contribution in [0.2, 0.25) is 0 Å². The molecule has 0 aliphatic heterocycles. The van der Waals surface area contributed by atoms with Crippen molar-refractivity contribution in [1.82, 2.24) is 9.97 Å². The Labute approximate surface area is 178 Å². The summed E-state index contributed by atoms with van der Waals surface area (Å²) >= 11 is 2.67. The van der Waals surface area contributed by atoms with Gasteiger partial charge in [0.15, 0.2) is 5.01 Å². The largest absolute Gasteiger partial charge is 0.497 e. The van der Waals surface area contributed by atoms with Crippen LogP contribution in [0.4, 0.5) is 5.13 Å². The summed E-state index contributed by atoms with van der Waals surface area (Å²) in [5.74, 6) is 0.894. The van der Waals surface area contributed by atoms with Gasteiger partial charge in [-0.2, -0.15) is 10.1 Å². The molecule has 5 rings (SSSR count). The maximum Gasteiger partial charge on any atom is 0.309 e. The first-order valence-electron chi connectivity index (χ1n) is 8.93. The van der Waals surface area contributed by atoms with Gasteiger partial charge in [-0.3, -0.25) is 4.79 Å². The third-order valence-corrected chi connectivity index (χ3v) is 6.30. The summed E-state index contributed by atoms with van der Waals surface area (Å²) in [7, 11) is 1.61. The number of ether oxygens (including phenoxy) is 1. The van der Waals surface area contributed by atoms with Crippen LogP contribution in [-0.4, -0.2) is 29.2 Å². The number of anilines is 1. The second-order valence-corrected chi connectivity index (χ2v) is 8.23. The Kier molecular flexibility index (Phi) is 4.74. The number of amides is 1. The molecule has 148 valence electrons. The molecule has 0 saturated heterocycles. The lowest BCUT2D eigenvalue weighted by molar-refractivity contribution is 0.0987. The topological polar surface area (TPSA) is 80.8 Å². The van der Waals surface area contributed by atoms with Gasteiger partial charge < -0.3 is 9.15 Å². The Morgan fingerprint density at radius 2 is 1.93 bits per heavy atom. The quantitative estimate of drug-likeness (QED) is 0.281. The van der Waals surface area contributed by atoms with E-state index in [1.807, 2.05) is 42.5 Å². The Morgan fingerprint density at radius 3 is 2.73 bits per heavy atom. The monoisotopic (exact) mass is 434 g/mol.